The van der Waals surface area contributed by atoms with Gasteiger partial charge in [0, 0.05) is 7.05 Å². The molecule has 1 N–H and O–H groups in total. The van der Waals surface area contributed by atoms with Crippen LogP contribution in [0.4, 0.5) is 0 Å². The lowest BCUT2D eigenvalue weighted by molar-refractivity contribution is 0.210. The van der Waals surface area contributed by atoms with Gasteiger partial charge in [0.15, 0.2) is 0 Å². The summed E-state index contributed by atoms with van der Waals surface area (Å²) in [6, 6.07) is 9.56. The Morgan fingerprint density at radius 1 is 1.31 bits per heavy atom. The Morgan fingerprint density at radius 3 is 2.44 bits per heavy atom. The Kier molecular flexibility index (Phi) is 3.12. The van der Waals surface area contributed by atoms with Crippen molar-refractivity contribution in [3.8, 4) is 0 Å². The van der Waals surface area contributed by atoms with E-state index in [1.165, 1.54) is 0 Å². The first-order chi connectivity index (χ1) is 7.61. The molecule has 0 spiro atoms. The molecule has 0 saturated carbocycles. The molecular formula is C12H13BrN2O. The Labute approximate surface area is 103 Å². The van der Waals surface area contributed by atoms with Gasteiger partial charge in [-0.15, -0.1) is 0 Å². The largest absolute Gasteiger partial charge is 0.382 e. The first-order valence-electron chi connectivity index (χ1n) is 5.03. The molecule has 1 aromatic heterocycles. The number of imidazole rings is 1. The van der Waals surface area contributed by atoms with Crippen molar-refractivity contribution < 1.29 is 5.11 Å². The van der Waals surface area contributed by atoms with Crippen molar-refractivity contribution in [1.82, 2.24) is 9.55 Å². The van der Waals surface area contributed by atoms with Crippen LogP contribution in [0.3, 0.4) is 0 Å². The summed E-state index contributed by atoms with van der Waals surface area (Å²) in [6.07, 6.45) is -0.651. The number of aliphatic hydroxyl groups excluding tert-OH is 1. The SMILES string of the molecule is Cc1nc(Br)c([C@H](O)c2ccccc2)n1C. The first-order valence-corrected chi connectivity index (χ1v) is 5.82. The highest BCUT2D eigenvalue weighted by Crippen LogP contribution is 2.28. The predicted octanol–water partition coefficient (Wildman–Crippen LogP) is 2.57. The summed E-state index contributed by atoms with van der Waals surface area (Å²) in [5, 5.41) is 10.3. The number of aryl methyl sites for hydroxylation is 1. The molecule has 2 aromatic rings. The lowest BCUT2D eigenvalue weighted by atomic mass is 10.1. The standard InChI is InChI=1S/C12H13BrN2O/c1-8-14-12(13)10(15(8)2)11(16)9-6-4-3-5-7-9/h3-7,11,16H,1-2H3/t11-/m1/s1. The van der Waals surface area contributed by atoms with E-state index in [0.29, 0.717) is 4.60 Å². The van der Waals surface area contributed by atoms with Crippen LogP contribution in [-0.2, 0) is 7.05 Å². The smallest absolute Gasteiger partial charge is 0.130 e. The predicted molar refractivity (Wildman–Crippen MR) is 66.1 cm³/mol. The van der Waals surface area contributed by atoms with Crippen molar-refractivity contribution in [1.29, 1.82) is 0 Å². The van der Waals surface area contributed by atoms with Gasteiger partial charge in [0.05, 0.1) is 5.69 Å². The number of hydrogen-bond acceptors (Lipinski definition) is 2. The van der Waals surface area contributed by atoms with E-state index in [1.807, 2.05) is 48.9 Å². The topological polar surface area (TPSA) is 38.1 Å². The zero-order chi connectivity index (χ0) is 11.7. The molecule has 4 heteroatoms. The van der Waals surface area contributed by atoms with Gasteiger partial charge in [-0.25, -0.2) is 4.98 Å². The van der Waals surface area contributed by atoms with Gasteiger partial charge in [-0.1, -0.05) is 30.3 Å². The molecule has 1 atom stereocenters. The van der Waals surface area contributed by atoms with Crippen molar-refractivity contribution >= 4 is 15.9 Å². The molecular weight excluding hydrogens is 268 g/mol. The van der Waals surface area contributed by atoms with Crippen LogP contribution in [0, 0.1) is 6.92 Å². The van der Waals surface area contributed by atoms with E-state index >= 15 is 0 Å². The van der Waals surface area contributed by atoms with Gasteiger partial charge in [0.25, 0.3) is 0 Å². The number of aromatic nitrogens is 2. The van der Waals surface area contributed by atoms with Crippen molar-refractivity contribution in [3.63, 3.8) is 0 Å². The number of nitrogens with zero attached hydrogens (tertiary/aromatic N) is 2. The lowest BCUT2D eigenvalue weighted by Crippen LogP contribution is -2.07. The maximum absolute atomic E-state index is 10.3. The van der Waals surface area contributed by atoms with E-state index in [0.717, 1.165) is 17.1 Å². The molecule has 3 nitrogen and oxygen atoms in total. The second-order valence-corrected chi connectivity index (χ2v) is 4.46. The normalized spacial score (nSPS) is 12.8. The maximum atomic E-state index is 10.3. The molecule has 0 saturated heterocycles. The minimum atomic E-state index is -0.651. The second kappa shape index (κ2) is 4.39. The van der Waals surface area contributed by atoms with Crippen LogP contribution in [0.5, 0.6) is 0 Å². The second-order valence-electron chi connectivity index (χ2n) is 3.71. The van der Waals surface area contributed by atoms with E-state index in [-0.39, 0.29) is 0 Å². The lowest BCUT2D eigenvalue weighted by Gasteiger charge is -2.12. The van der Waals surface area contributed by atoms with Gasteiger partial charge >= 0.3 is 0 Å². The Bertz CT molecular complexity index is 493. The van der Waals surface area contributed by atoms with E-state index in [1.54, 1.807) is 0 Å². The highest BCUT2D eigenvalue weighted by atomic mass is 79.9. The molecule has 84 valence electrons. The molecule has 0 amide bonds. The maximum Gasteiger partial charge on any atom is 0.130 e. The highest BCUT2D eigenvalue weighted by Gasteiger charge is 2.19. The first kappa shape index (κ1) is 11.4. The van der Waals surface area contributed by atoms with E-state index < -0.39 is 6.10 Å². The summed E-state index contributed by atoms with van der Waals surface area (Å²) in [5.41, 5.74) is 1.65. The molecule has 0 aliphatic carbocycles. The van der Waals surface area contributed by atoms with Gasteiger partial charge in [0.2, 0.25) is 0 Å². The van der Waals surface area contributed by atoms with E-state index in [2.05, 4.69) is 20.9 Å². The van der Waals surface area contributed by atoms with Crippen LogP contribution in [0.25, 0.3) is 0 Å². The minimum absolute atomic E-state index is 0.651. The molecule has 0 unspecified atom stereocenters. The quantitative estimate of drug-likeness (QED) is 0.918. The third kappa shape index (κ3) is 1.90. The fraction of sp³-hybridized carbons (Fsp3) is 0.250. The zero-order valence-corrected chi connectivity index (χ0v) is 10.8. The summed E-state index contributed by atoms with van der Waals surface area (Å²) < 4.78 is 2.59. The van der Waals surface area contributed by atoms with E-state index in [4.69, 9.17) is 0 Å². The molecule has 16 heavy (non-hydrogen) atoms. The number of halogens is 1. The fourth-order valence-corrected chi connectivity index (χ4v) is 2.42. The molecule has 0 aliphatic heterocycles. The van der Waals surface area contributed by atoms with Gasteiger partial charge < -0.3 is 9.67 Å². The van der Waals surface area contributed by atoms with Crippen LogP contribution in [0.2, 0.25) is 0 Å². The average Bonchev–Trinajstić information content (AvgIpc) is 2.54. The van der Waals surface area contributed by atoms with Crippen LogP contribution in [-0.4, -0.2) is 14.7 Å². The number of benzene rings is 1. The molecule has 0 aliphatic rings. The zero-order valence-electron chi connectivity index (χ0n) is 9.18. The van der Waals surface area contributed by atoms with Gasteiger partial charge in [-0.3, -0.25) is 0 Å². The van der Waals surface area contributed by atoms with Crippen LogP contribution >= 0.6 is 15.9 Å². The summed E-state index contributed by atoms with van der Waals surface area (Å²) in [6.45, 7) is 1.91. The highest BCUT2D eigenvalue weighted by molar-refractivity contribution is 9.10. The molecule has 0 radical (unpaired) electrons. The Balaban J connectivity index is 2.45. The molecule has 1 aromatic carbocycles. The van der Waals surface area contributed by atoms with Gasteiger partial charge in [-0.2, -0.15) is 0 Å². The van der Waals surface area contributed by atoms with Crippen molar-refractivity contribution in [3.05, 3.63) is 52.0 Å². The number of aliphatic hydroxyl groups is 1. The summed E-state index contributed by atoms with van der Waals surface area (Å²) in [7, 11) is 1.90. The molecule has 1 heterocycles. The number of rotatable bonds is 2. The summed E-state index contributed by atoms with van der Waals surface area (Å²) in [5.74, 6) is 0.872. The van der Waals surface area contributed by atoms with Crippen LogP contribution in [0.15, 0.2) is 34.9 Å². The Morgan fingerprint density at radius 2 is 1.94 bits per heavy atom. The van der Waals surface area contributed by atoms with Gasteiger partial charge in [0.1, 0.15) is 16.5 Å². The van der Waals surface area contributed by atoms with Crippen molar-refractivity contribution in [2.75, 3.05) is 0 Å². The summed E-state index contributed by atoms with van der Waals surface area (Å²) in [4.78, 5) is 4.28. The van der Waals surface area contributed by atoms with E-state index in [9.17, 15) is 5.11 Å². The molecule has 0 bridgehead atoms. The molecule has 2 rings (SSSR count). The third-order valence-corrected chi connectivity index (χ3v) is 3.28. The molecule has 0 fully saturated rings. The summed E-state index contributed by atoms with van der Waals surface area (Å²) >= 11 is 3.37. The van der Waals surface area contributed by atoms with Crippen LogP contribution < -0.4 is 0 Å². The van der Waals surface area contributed by atoms with Crippen LogP contribution in [0.1, 0.15) is 23.2 Å². The number of hydrogen-bond donors (Lipinski definition) is 1. The fourth-order valence-electron chi connectivity index (χ4n) is 1.68. The monoisotopic (exact) mass is 280 g/mol. The average molecular weight is 281 g/mol. The minimum Gasteiger partial charge on any atom is -0.382 e. The van der Waals surface area contributed by atoms with Gasteiger partial charge in [-0.05, 0) is 28.4 Å². The van der Waals surface area contributed by atoms with Crippen molar-refractivity contribution in [2.45, 2.75) is 13.0 Å². The van der Waals surface area contributed by atoms with Crippen molar-refractivity contribution in [2.24, 2.45) is 7.05 Å². The Hall–Kier alpha value is -1.13. The third-order valence-electron chi connectivity index (χ3n) is 2.69.